The number of thioether (sulfide) groups is 1. The third-order valence-electron chi connectivity index (χ3n) is 4.97. The van der Waals surface area contributed by atoms with Gasteiger partial charge < -0.3 is 14.9 Å². The third kappa shape index (κ3) is 4.02. The molecule has 0 unspecified atom stereocenters. The summed E-state index contributed by atoms with van der Waals surface area (Å²) in [7, 11) is 1.64. The molecular formula is C23H20N6O2S. The Morgan fingerprint density at radius 1 is 1.00 bits per heavy atom. The van der Waals surface area contributed by atoms with Crippen LogP contribution in [0.25, 0.3) is 22.3 Å². The third-order valence-corrected chi connectivity index (χ3v) is 5.93. The molecule has 5 aromatic rings. The first-order valence-electron chi connectivity index (χ1n) is 9.95. The van der Waals surface area contributed by atoms with Gasteiger partial charge in [-0.05, 0) is 48.5 Å². The molecule has 0 aliphatic carbocycles. The molecule has 0 bridgehead atoms. The van der Waals surface area contributed by atoms with E-state index in [0.717, 1.165) is 39.0 Å². The second-order valence-corrected chi connectivity index (χ2v) is 7.97. The maximum absolute atomic E-state index is 6.13. The highest BCUT2D eigenvalue weighted by atomic mass is 32.2. The molecule has 2 N–H and O–H groups in total. The van der Waals surface area contributed by atoms with Crippen LogP contribution >= 0.6 is 11.8 Å². The number of benzene rings is 2. The number of hydrogen-bond acceptors (Lipinski definition) is 8. The maximum atomic E-state index is 6.13. The Morgan fingerprint density at radius 3 is 2.62 bits per heavy atom. The lowest BCUT2D eigenvalue weighted by atomic mass is 10.2. The van der Waals surface area contributed by atoms with E-state index in [4.69, 9.17) is 14.9 Å². The molecule has 0 saturated carbocycles. The number of methoxy groups -OCH3 is 1. The van der Waals surface area contributed by atoms with Crippen LogP contribution in [0.4, 0.5) is 5.82 Å². The minimum absolute atomic E-state index is 0.474. The van der Waals surface area contributed by atoms with Crippen molar-refractivity contribution in [1.82, 2.24) is 24.7 Å². The Kier molecular flexibility index (Phi) is 5.47. The minimum atomic E-state index is 0.474. The van der Waals surface area contributed by atoms with Gasteiger partial charge in [0, 0.05) is 10.9 Å². The van der Waals surface area contributed by atoms with Gasteiger partial charge in [-0.25, -0.2) is 9.97 Å². The second kappa shape index (κ2) is 8.72. The van der Waals surface area contributed by atoms with Crippen molar-refractivity contribution in [1.29, 1.82) is 0 Å². The van der Waals surface area contributed by atoms with Crippen molar-refractivity contribution in [2.75, 3.05) is 12.8 Å². The fourth-order valence-corrected chi connectivity index (χ4v) is 4.19. The lowest BCUT2D eigenvalue weighted by Gasteiger charge is -2.10. The van der Waals surface area contributed by atoms with Crippen LogP contribution < -0.4 is 10.5 Å². The zero-order chi connectivity index (χ0) is 21.9. The first-order valence-corrected chi connectivity index (χ1v) is 10.9. The van der Waals surface area contributed by atoms with Crippen molar-refractivity contribution >= 4 is 28.5 Å². The Morgan fingerprint density at radius 2 is 1.84 bits per heavy atom. The average Bonchev–Trinajstić information content (AvgIpc) is 3.48. The molecule has 32 heavy (non-hydrogen) atoms. The van der Waals surface area contributed by atoms with Gasteiger partial charge in [0.25, 0.3) is 0 Å². The van der Waals surface area contributed by atoms with Gasteiger partial charge in [-0.15, -0.1) is 10.2 Å². The number of para-hydroxylation sites is 1. The highest BCUT2D eigenvalue weighted by molar-refractivity contribution is 7.98. The normalized spacial score (nSPS) is 11.2. The van der Waals surface area contributed by atoms with Crippen molar-refractivity contribution in [2.45, 2.75) is 17.5 Å². The predicted octanol–water partition coefficient (Wildman–Crippen LogP) is 4.41. The molecule has 3 heterocycles. The van der Waals surface area contributed by atoms with Crippen molar-refractivity contribution < 1.29 is 9.15 Å². The molecule has 9 heteroatoms. The van der Waals surface area contributed by atoms with Gasteiger partial charge in [-0.3, -0.25) is 4.57 Å². The first kappa shape index (κ1) is 20.1. The van der Waals surface area contributed by atoms with Gasteiger partial charge in [-0.1, -0.05) is 23.9 Å². The zero-order valence-corrected chi connectivity index (χ0v) is 18.1. The van der Waals surface area contributed by atoms with E-state index < -0.39 is 0 Å². The molecule has 2 aromatic carbocycles. The predicted molar refractivity (Wildman–Crippen MR) is 123 cm³/mol. The first-order chi connectivity index (χ1) is 15.7. The number of fused-ring (bicyclic) bond motifs is 1. The standard InChI is InChI=1S/C23H20N6O2S/c1-30-16-10-8-15(9-11-16)22-27-28-23(29(22)13-17-5-4-12-31-17)32-14-20-25-19-7-3-2-6-18(19)21(24)26-20/h2-12H,13-14H2,1H3,(H2,24,25,26). The van der Waals surface area contributed by atoms with Gasteiger partial charge in [0.05, 0.1) is 31.2 Å². The van der Waals surface area contributed by atoms with Crippen molar-refractivity contribution in [2.24, 2.45) is 0 Å². The number of anilines is 1. The number of furan rings is 1. The van der Waals surface area contributed by atoms with Gasteiger partial charge in [-0.2, -0.15) is 0 Å². The van der Waals surface area contributed by atoms with Gasteiger partial charge in [0.1, 0.15) is 23.2 Å². The van der Waals surface area contributed by atoms with E-state index in [2.05, 4.69) is 20.2 Å². The number of hydrogen-bond donors (Lipinski definition) is 1. The maximum Gasteiger partial charge on any atom is 0.192 e. The summed E-state index contributed by atoms with van der Waals surface area (Å²) in [5.41, 5.74) is 7.89. The summed E-state index contributed by atoms with van der Waals surface area (Å²) < 4.78 is 12.9. The molecular weight excluding hydrogens is 424 g/mol. The summed E-state index contributed by atoms with van der Waals surface area (Å²) in [6, 6.07) is 19.2. The van der Waals surface area contributed by atoms with E-state index in [1.54, 1.807) is 13.4 Å². The smallest absolute Gasteiger partial charge is 0.192 e. The van der Waals surface area contributed by atoms with Crippen LogP contribution in [0, 0.1) is 0 Å². The molecule has 0 spiro atoms. The number of nitrogens with zero attached hydrogens (tertiary/aromatic N) is 5. The Bertz CT molecular complexity index is 1350. The lowest BCUT2D eigenvalue weighted by molar-refractivity contribution is 0.415. The Balaban J connectivity index is 1.46. The van der Waals surface area contributed by atoms with Crippen LogP contribution in [0.2, 0.25) is 0 Å². The summed E-state index contributed by atoms with van der Waals surface area (Å²) >= 11 is 1.50. The van der Waals surface area contributed by atoms with E-state index in [0.29, 0.717) is 23.9 Å². The molecule has 8 nitrogen and oxygen atoms in total. The van der Waals surface area contributed by atoms with Crippen molar-refractivity contribution in [3.8, 4) is 17.1 Å². The van der Waals surface area contributed by atoms with Gasteiger partial charge in [0.15, 0.2) is 11.0 Å². The second-order valence-electron chi connectivity index (χ2n) is 7.03. The number of nitrogens with two attached hydrogens (primary N) is 1. The quantitative estimate of drug-likeness (QED) is 0.368. The van der Waals surface area contributed by atoms with Crippen LogP contribution in [-0.4, -0.2) is 31.8 Å². The Labute approximate surface area is 188 Å². The molecule has 0 radical (unpaired) electrons. The molecule has 0 amide bonds. The molecule has 0 saturated heterocycles. The summed E-state index contributed by atoms with van der Waals surface area (Å²) in [4.78, 5) is 9.10. The zero-order valence-electron chi connectivity index (χ0n) is 17.3. The number of ether oxygens (including phenoxy) is 1. The van der Waals surface area contributed by atoms with Crippen LogP contribution in [0.1, 0.15) is 11.6 Å². The SMILES string of the molecule is COc1ccc(-c2nnc(SCc3nc(N)c4ccccc4n3)n2Cc2ccco2)cc1. The number of rotatable bonds is 7. The van der Waals surface area contributed by atoms with E-state index in [9.17, 15) is 0 Å². The minimum Gasteiger partial charge on any atom is -0.497 e. The molecule has 0 aliphatic heterocycles. The molecule has 0 atom stereocenters. The number of nitrogen functional groups attached to an aromatic ring is 1. The van der Waals surface area contributed by atoms with Crippen molar-refractivity contribution in [3.63, 3.8) is 0 Å². The highest BCUT2D eigenvalue weighted by Crippen LogP contribution is 2.29. The fraction of sp³-hybridized carbons (Fsp3) is 0.130. The average molecular weight is 445 g/mol. The van der Waals surface area contributed by atoms with Crippen LogP contribution in [0.3, 0.4) is 0 Å². The topological polar surface area (TPSA) is 105 Å². The molecule has 0 fully saturated rings. The van der Waals surface area contributed by atoms with Gasteiger partial charge in [0.2, 0.25) is 0 Å². The van der Waals surface area contributed by atoms with Crippen LogP contribution in [0.5, 0.6) is 5.75 Å². The largest absolute Gasteiger partial charge is 0.497 e. The molecule has 3 aromatic heterocycles. The lowest BCUT2D eigenvalue weighted by Crippen LogP contribution is -2.04. The highest BCUT2D eigenvalue weighted by Gasteiger charge is 2.17. The van der Waals surface area contributed by atoms with Crippen LogP contribution in [0.15, 0.2) is 76.5 Å². The fourth-order valence-electron chi connectivity index (χ4n) is 3.39. The molecule has 0 aliphatic rings. The van der Waals surface area contributed by atoms with Gasteiger partial charge >= 0.3 is 0 Å². The number of aromatic nitrogens is 5. The van der Waals surface area contributed by atoms with E-state index in [1.165, 1.54) is 11.8 Å². The summed E-state index contributed by atoms with van der Waals surface area (Å²) in [6.07, 6.45) is 1.66. The summed E-state index contributed by atoms with van der Waals surface area (Å²) in [5.74, 6) is 3.96. The molecule has 5 rings (SSSR count). The van der Waals surface area contributed by atoms with E-state index in [1.807, 2.05) is 65.2 Å². The monoisotopic (exact) mass is 444 g/mol. The Hall–Kier alpha value is -3.85. The van der Waals surface area contributed by atoms with Crippen molar-refractivity contribution in [3.05, 3.63) is 78.5 Å². The van der Waals surface area contributed by atoms with E-state index >= 15 is 0 Å². The van der Waals surface area contributed by atoms with Crippen LogP contribution in [-0.2, 0) is 12.3 Å². The molecule has 160 valence electrons. The van der Waals surface area contributed by atoms with E-state index in [-0.39, 0.29) is 0 Å². The summed E-state index contributed by atoms with van der Waals surface area (Å²) in [6.45, 7) is 0.504. The summed E-state index contributed by atoms with van der Waals surface area (Å²) in [5, 5.41) is 10.5.